The van der Waals surface area contributed by atoms with Crippen LogP contribution in [0.5, 0.6) is 0 Å². The number of anilines is 4. The zero-order valence-electron chi connectivity index (χ0n) is 18.2. The summed E-state index contributed by atoms with van der Waals surface area (Å²) in [5, 5.41) is 23.1. The average Bonchev–Trinajstić information content (AvgIpc) is 3.27. The van der Waals surface area contributed by atoms with Crippen molar-refractivity contribution in [1.29, 1.82) is 0 Å². The molecule has 1 aliphatic heterocycles. The second kappa shape index (κ2) is 9.54. The second-order valence-electron chi connectivity index (χ2n) is 7.99. The lowest BCUT2D eigenvalue weighted by molar-refractivity contribution is 0.269. The number of aromatic nitrogens is 4. The molecule has 4 aromatic rings. The Kier molecular flexibility index (Phi) is 6.15. The third kappa shape index (κ3) is 4.87. The third-order valence-corrected chi connectivity index (χ3v) is 5.54. The molecule has 3 heterocycles. The first-order valence-electron chi connectivity index (χ1n) is 10.9. The molecule has 0 amide bonds. The zero-order chi connectivity index (χ0) is 23.5. The van der Waals surface area contributed by atoms with E-state index >= 15 is 0 Å². The number of fused-ring (bicyclic) bond motifs is 1. The van der Waals surface area contributed by atoms with Gasteiger partial charge in [0.05, 0.1) is 19.3 Å². The van der Waals surface area contributed by atoms with Crippen molar-refractivity contribution in [1.82, 2.24) is 25.1 Å². The molecule has 1 aliphatic rings. The molecule has 174 valence electrons. The first-order valence-corrected chi connectivity index (χ1v) is 10.9. The zero-order valence-corrected chi connectivity index (χ0v) is 18.2. The smallest absolute Gasteiger partial charge is 0.229 e. The molecule has 8 nitrogen and oxygen atoms in total. The number of nitrogens with zero attached hydrogens (tertiary/aromatic N) is 4. The van der Waals surface area contributed by atoms with Gasteiger partial charge in [0.2, 0.25) is 5.95 Å². The van der Waals surface area contributed by atoms with Gasteiger partial charge in [0, 0.05) is 47.5 Å². The highest BCUT2D eigenvalue weighted by Crippen LogP contribution is 2.31. The molecular formula is C24H23F2N7O. The number of hydrogen-bond donors (Lipinski definition) is 4. The second-order valence-corrected chi connectivity index (χ2v) is 7.99. The van der Waals surface area contributed by atoms with Gasteiger partial charge in [-0.3, -0.25) is 4.68 Å². The summed E-state index contributed by atoms with van der Waals surface area (Å²) < 4.78 is 28.9. The Morgan fingerprint density at radius 1 is 1.00 bits per heavy atom. The van der Waals surface area contributed by atoms with E-state index in [2.05, 4.69) is 43.1 Å². The Labute approximate surface area is 194 Å². The minimum absolute atomic E-state index is 0.0288. The van der Waals surface area contributed by atoms with Crippen molar-refractivity contribution in [2.75, 3.05) is 23.8 Å². The summed E-state index contributed by atoms with van der Waals surface area (Å²) in [5.74, 6) is -0.715. The van der Waals surface area contributed by atoms with Crippen LogP contribution in [0.4, 0.5) is 31.9 Å². The van der Waals surface area contributed by atoms with Crippen LogP contribution in [0.2, 0.25) is 0 Å². The Morgan fingerprint density at radius 3 is 2.68 bits per heavy atom. The van der Waals surface area contributed by atoms with Gasteiger partial charge in [-0.2, -0.15) is 10.1 Å². The van der Waals surface area contributed by atoms with Gasteiger partial charge >= 0.3 is 0 Å². The standard InChI is InChI=1S/C24H23F2N7O/c25-18-8-19(26)10-21(9-18)31-24-28-13-22(17-12-29-33(14-17)5-6-34)23(32-24)30-20-2-1-15-3-4-27-11-16(15)7-20/h1-2,7-10,12-14,27,34H,3-6,11H2,(H2,28,30,31,32). The van der Waals surface area contributed by atoms with Crippen LogP contribution in [0.15, 0.2) is 55.0 Å². The van der Waals surface area contributed by atoms with E-state index in [0.717, 1.165) is 36.8 Å². The van der Waals surface area contributed by atoms with Crippen molar-refractivity contribution in [3.8, 4) is 11.1 Å². The van der Waals surface area contributed by atoms with Gasteiger partial charge in [-0.25, -0.2) is 13.8 Å². The van der Waals surface area contributed by atoms with E-state index in [1.807, 2.05) is 6.07 Å². The highest BCUT2D eigenvalue weighted by Gasteiger charge is 2.15. The largest absolute Gasteiger partial charge is 0.394 e. The predicted octanol–water partition coefficient (Wildman–Crippen LogP) is 3.74. The fraction of sp³-hybridized carbons (Fsp3) is 0.208. The lowest BCUT2D eigenvalue weighted by Gasteiger charge is -2.19. The lowest BCUT2D eigenvalue weighted by Crippen LogP contribution is -2.23. The number of halogens is 2. The molecule has 0 saturated carbocycles. The molecular weight excluding hydrogens is 440 g/mol. The first kappa shape index (κ1) is 21.9. The summed E-state index contributed by atoms with van der Waals surface area (Å²) in [5.41, 5.74) is 5.04. The fourth-order valence-corrected chi connectivity index (χ4v) is 3.93. The van der Waals surface area contributed by atoms with Crippen molar-refractivity contribution >= 4 is 23.1 Å². The SMILES string of the molecule is OCCn1cc(-c2cnc(Nc3cc(F)cc(F)c3)nc2Nc2ccc3c(c2)CNCC3)cn1. The molecule has 5 rings (SSSR count). The molecule has 0 unspecified atom stereocenters. The van der Waals surface area contributed by atoms with E-state index in [1.54, 1.807) is 23.3 Å². The maximum absolute atomic E-state index is 13.6. The Hall–Kier alpha value is -3.89. The van der Waals surface area contributed by atoms with Crippen molar-refractivity contribution in [2.45, 2.75) is 19.5 Å². The summed E-state index contributed by atoms with van der Waals surface area (Å²) in [6, 6.07) is 9.33. The molecule has 0 aliphatic carbocycles. The third-order valence-electron chi connectivity index (χ3n) is 5.54. The van der Waals surface area contributed by atoms with E-state index in [-0.39, 0.29) is 18.2 Å². The maximum Gasteiger partial charge on any atom is 0.229 e. The minimum atomic E-state index is -0.698. The van der Waals surface area contributed by atoms with Gasteiger partial charge < -0.3 is 21.1 Å². The lowest BCUT2D eigenvalue weighted by atomic mass is 10.0. The molecule has 0 fully saturated rings. The van der Waals surface area contributed by atoms with Gasteiger partial charge in [0.25, 0.3) is 0 Å². The minimum Gasteiger partial charge on any atom is -0.394 e. The van der Waals surface area contributed by atoms with Crippen LogP contribution in [0.25, 0.3) is 11.1 Å². The van der Waals surface area contributed by atoms with Crippen molar-refractivity contribution in [3.63, 3.8) is 0 Å². The van der Waals surface area contributed by atoms with Crippen molar-refractivity contribution in [3.05, 3.63) is 77.8 Å². The number of rotatable bonds is 7. The normalized spacial score (nSPS) is 12.9. The molecule has 34 heavy (non-hydrogen) atoms. The van der Waals surface area contributed by atoms with Crippen LogP contribution in [-0.4, -0.2) is 38.0 Å². The first-order chi connectivity index (χ1) is 16.6. The molecule has 2 aromatic carbocycles. The molecule has 10 heteroatoms. The van der Waals surface area contributed by atoms with Crippen LogP contribution in [0.3, 0.4) is 0 Å². The average molecular weight is 463 g/mol. The van der Waals surface area contributed by atoms with E-state index < -0.39 is 11.6 Å². The molecule has 2 aromatic heterocycles. The number of hydrogen-bond acceptors (Lipinski definition) is 7. The molecule has 0 spiro atoms. The molecule has 0 atom stereocenters. The van der Waals surface area contributed by atoms with Crippen LogP contribution >= 0.6 is 0 Å². The van der Waals surface area contributed by atoms with Gasteiger partial charge in [-0.1, -0.05) is 6.07 Å². The topological polar surface area (TPSA) is 99.9 Å². The summed E-state index contributed by atoms with van der Waals surface area (Å²) >= 11 is 0. The van der Waals surface area contributed by atoms with Crippen LogP contribution < -0.4 is 16.0 Å². The Morgan fingerprint density at radius 2 is 1.85 bits per heavy atom. The summed E-state index contributed by atoms with van der Waals surface area (Å²) in [6.45, 7) is 2.10. The van der Waals surface area contributed by atoms with Gasteiger partial charge in [0.1, 0.15) is 17.5 Å². The van der Waals surface area contributed by atoms with Crippen LogP contribution in [0.1, 0.15) is 11.1 Å². The van der Waals surface area contributed by atoms with Gasteiger partial charge in [-0.15, -0.1) is 0 Å². The molecule has 0 bridgehead atoms. The van der Waals surface area contributed by atoms with Crippen molar-refractivity contribution < 1.29 is 13.9 Å². The van der Waals surface area contributed by atoms with Crippen molar-refractivity contribution in [2.24, 2.45) is 0 Å². The van der Waals surface area contributed by atoms with E-state index in [0.29, 0.717) is 17.9 Å². The van der Waals surface area contributed by atoms with E-state index in [1.165, 1.54) is 23.3 Å². The Bertz CT molecular complexity index is 1300. The summed E-state index contributed by atoms with van der Waals surface area (Å²) in [4.78, 5) is 8.92. The Balaban J connectivity index is 1.50. The van der Waals surface area contributed by atoms with Crippen LogP contribution in [-0.2, 0) is 19.5 Å². The number of aliphatic hydroxyl groups is 1. The van der Waals surface area contributed by atoms with Crippen LogP contribution in [0, 0.1) is 11.6 Å². The maximum atomic E-state index is 13.6. The van der Waals surface area contributed by atoms with Gasteiger partial charge in [-0.05, 0) is 48.4 Å². The van der Waals surface area contributed by atoms with E-state index in [9.17, 15) is 13.9 Å². The quantitative estimate of drug-likeness (QED) is 0.331. The van der Waals surface area contributed by atoms with Gasteiger partial charge in [0.15, 0.2) is 0 Å². The number of aliphatic hydroxyl groups excluding tert-OH is 1. The monoisotopic (exact) mass is 463 g/mol. The highest BCUT2D eigenvalue weighted by atomic mass is 19.1. The summed E-state index contributed by atoms with van der Waals surface area (Å²) in [7, 11) is 0. The highest BCUT2D eigenvalue weighted by molar-refractivity contribution is 5.78. The fourth-order valence-electron chi connectivity index (χ4n) is 3.93. The van der Waals surface area contributed by atoms with E-state index in [4.69, 9.17) is 0 Å². The number of benzene rings is 2. The molecule has 4 N–H and O–H groups in total. The molecule has 0 saturated heterocycles. The summed E-state index contributed by atoms with van der Waals surface area (Å²) in [6.07, 6.45) is 6.07. The number of nitrogens with one attached hydrogen (secondary N) is 3. The molecule has 0 radical (unpaired) electrons. The predicted molar refractivity (Wildman–Crippen MR) is 125 cm³/mol.